The second kappa shape index (κ2) is 3.11. The Morgan fingerprint density at radius 1 is 1.23 bits per heavy atom. The molecule has 0 saturated heterocycles. The van der Waals surface area contributed by atoms with Crippen molar-refractivity contribution in [1.29, 1.82) is 0 Å². The van der Waals surface area contributed by atoms with Crippen molar-refractivity contribution in [3.63, 3.8) is 0 Å². The van der Waals surface area contributed by atoms with Crippen LogP contribution in [0.25, 0.3) is 5.69 Å². The third kappa shape index (κ3) is 1.51. The molecule has 0 aliphatic heterocycles. The summed E-state index contributed by atoms with van der Waals surface area (Å²) in [5.41, 5.74) is 0.827. The minimum Gasteiger partial charge on any atom is -0.492 e. The van der Waals surface area contributed by atoms with E-state index in [0.717, 1.165) is 5.69 Å². The van der Waals surface area contributed by atoms with Crippen LogP contribution >= 0.6 is 11.6 Å². The molecule has 0 aliphatic rings. The number of para-hydroxylation sites is 1. The highest BCUT2D eigenvalue weighted by Gasteiger charge is 2.04. The average Bonchev–Trinajstić information content (AvgIpc) is 2.47. The number of hydrogen-bond acceptors (Lipinski definition) is 2. The Kier molecular flexibility index (Phi) is 1.94. The van der Waals surface area contributed by atoms with E-state index >= 15 is 0 Å². The van der Waals surface area contributed by atoms with Gasteiger partial charge in [-0.2, -0.15) is 0 Å². The lowest BCUT2D eigenvalue weighted by molar-refractivity contribution is 0.448. The second-order valence-corrected chi connectivity index (χ2v) is 2.96. The second-order valence-electron chi connectivity index (χ2n) is 2.57. The van der Waals surface area contributed by atoms with Gasteiger partial charge >= 0.3 is 0 Å². The van der Waals surface area contributed by atoms with Crippen molar-refractivity contribution in [3.8, 4) is 11.6 Å². The Morgan fingerprint density at radius 2 is 1.92 bits per heavy atom. The highest BCUT2D eigenvalue weighted by Crippen LogP contribution is 2.19. The molecule has 0 radical (unpaired) electrons. The SMILES string of the molecule is Oc1cc(Cl)n(-c2ccccc2)n1. The summed E-state index contributed by atoms with van der Waals surface area (Å²) in [4.78, 5) is 0. The van der Waals surface area contributed by atoms with Crippen molar-refractivity contribution in [1.82, 2.24) is 9.78 Å². The van der Waals surface area contributed by atoms with E-state index in [1.54, 1.807) is 0 Å². The summed E-state index contributed by atoms with van der Waals surface area (Å²) in [5, 5.41) is 13.3. The number of rotatable bonds is 1. The zero-order chi connectivity index (χ0) is 9.26. The van der Waals surface area contributed by atoms with Gasteiger partial charge in [0.15, 0.2) is 0 Å². The predicted molar refractivity (Wildman–Crippen MR) is 50.2 cm³/mol. The summed E-state index contributed by atoms with van der Waals surface area (Å²) in [5.74, 6) is -0.0751. The summed E-state index contributed by atoms with van der Waals surface area (Å²) >= 11 is 5.82. The van der Waals surface area contributed by atoms with Crippen LogP contribution in [-0.4, -0.2) is 14.9 Å². The number of nitrogens with zero attached hydrogens (tertiary/aromatic N) is 2. The fraction of sp³-hybridized carbons (Fsp3) is 0. The van der Waals surface area contributed by atoms with Gasteiger partial charge in [-0.3, -0.25) is 0 Å². The first-order chi connectivity index (χ1) is 6.27. The number of halogens is 1. The zero-order valence-electron chi connectivity index (χ0n) is 6.68. The Balaban J connectivity index is 2.53. The Hall–Kier alpha value is -1.48. The van der Waals surface area contributed by atoms with Gasteiger partial charge in [-0.25, -0.2) is 4.68 Å². The molecule has 2 aromatic rings. The standard InChI is InChI=1S/C9H7ClN2O/c10-8-6-9(13)11-12(8)7-4-2-1-3-5-7/h1-6H,(H,11,13). The van der Waals surface area contributed by atoms with Gasteiger partial charge < -0.3 is 5.11 Å². The van der Waals surface area contributed by atoms with Crippen LogP contribution < -0.4 is 0 Å². The van der Waals surface area contributed by atoms with Gasteiger partial charge in [0.1, 0.15) is 5.15 Å². The molecule has 1 aromatic heterocycles. The minimum absolute atomic E-state index is 0.0751. The zero-order valence-corrected chi connectivity index (χ0v) is 7.44. The molecule has 0 spiro atoms. The van der Waals surface area contributed by atoms with Crippen LogP contribution in [0.2, 0.25) is 5.15 Å². The molecule has 1 aromatic carbocycles. The molecular weight excluding hydrogens is 188 g/mol. The van der Waals surface area contributed by atoms with Gasteiger partial charge in [-0.15, -0.1) is 5.10 Å². The first-order valence-electron chi connectivity index (χ1n) is 3.77. The van der Waals surface area contributed by atoms with Crippen LogP contribution in [0.5, 0.6) is 5.88 Å². The van der Waals surface area contributed by atoms with Gasteiger partial charge in [-0.05, 0) is 12.1 Å². The van der Waals surface area contributed by atoms with Gasteiger partial charge in [-0.1, -0.05) is 29.8 Å². The van der Waals surface area contributed by atoms with Crippen LogP contribution in [0.1, 0.15) is 0 Å². The number of aromatic hydroxyl groups is 1. The molecule has 0 unspecified atom stereocenters. The van der Waals surface area contributed by atoms with E-state index < -0.39 is 0 Å². The van der Waals surface area contributed by atoms with Crippen LogP contribution in [0.15, 0.2) is 36.4 Å². The number of benzene rings is 1. The van der Waals surface area contributed by atoms with Crippen molar-refractivity contribution in [2.45, 2.75) is 0 Å². The monoisotopic (exact) mass is 194 g/mol. The molecule has 0 amide bonds. The van der Waals surface area contributed by atoms with Crippen LogP contribution in [-0.2, 0) is 0 Å². The molecule has 0 bridgehead atoms. The molecule has 66 valence electrons. The van der Waals surface area contributed by atoms with Gasteiger partial charge in [0.2, 0.25) is 5.88 Å². The minimum atomic E-state index is -0.0751. The summed E-state index contributed by atoms with van der Waals surface area (Å²) in [6, 6.07) is 10.8. The molecule has 13 heavy (non-hydrogen) atoms. The average molecular weight is 195 g/mol. The normalized spacial score (nSPS) is 10.2. The molecule has 2 rings (SSSR count). The van der Waals surface area contributed by atoms with Crippen molar-refractivity contribution in [3.05, 3.63) is 41.6 Å². The Bertz CT molecular complexity index is 411. The number of aromatic nitrogens is 2. The van der Waals surface area contributed by atoms with E-state index in [1.165, 1.54) is 10.7 Å². The summed E-state index contributed by atoms with van der Waals surface area (Å²) < 4.78 is 1.47. The summed E-state index contributed by atoms with van der Waals surface area (Å²) in [7, 11) is 0. The number of hydrogen-bond donors (Lipinski definition) is 1. The lowest BCUT2D eigenvalue weighted by atomic mass is 10.3. The van der Waals surface area contributed by atoms with Gasteiger partial charge in [0, 0.05) is 6.07 Å². The maximum atomic E-state index is 9.08. The van der Waals surface area contributed by atoms with Gasteiger partial charge in [0.05, 0.1) is 5.69 Å². The maximum Gasteiger partial charge on any atom is 0.232 e. The largest absolute Gasteiger partial charge is 0.492 e. The van der Waals surface area contributed by atoms with E-state index in [1.807, 2.05) is 30.3 Å². The topological polar surface area (TPSA) is 38.0 Å². The van der Waals surface area contributed by atoms with E-state index in [9.17, 15) is 0 Å². The molecule has 1 heterocycles. The van der Waals surface area contributed by atoms with Crippen molar-refractivity contribution in [2.75, 3.05) is 0 Å². The first kappa shape index (κ1) is 8.13. The molecule has 0 saturated carbocycles. The van der Waals surface area contributed by atoms with E-state index in [-0.39, 0.29) is 5.88 Å². The first-order valence-corrected chi connectivity index (χ1v) is 4.15. The third-order valence-electron chi connectivity index (χ3n) is 1.65. The molecular formula is C9H7ClN2O. The van der Waals surface area contributed by atoms with Crippen LogP contribution in [0.4, 0.5) is 0 Å². The van der Waals surface area contributed by atoms with Crippen LogP contribution in [0, 0.1) is 0 Å². The Labute approximate surface area is 80.2 Å². The van der Waals surface area contributed by atoms with Crippen molar-refractivity contribution in [2.24, 2.45) is 0 Å². The van der Waals surface area contributed by atoms with Crippen LogP contribution in [0.3, 0.4) is 0 Å². The molecule has 1 N–H and O–H groups in total. The van der Waals surface area contributed by atoms with E-state index in [0.29, 0.717) is 5.15 Å². The molecule has 0 aliphatic carbocycles. The quantitative estimate of drug-likeness (QED) is 0.756. The predicted octanol–water partition coefficient (Wildman–Crippen LogP) is 2.23. The Morgan fingerprint density at radius 3 is 2.46 bits per heavy atom. The van der Waals surface area contributed by atoms with Crippen molar-refractivity contribution < 1.29 is 5.11 Å². The lowest BCUT2D eigenvalue weighted by Gasteiger charge is -2.00. The molecule has 3 nitrogen and oxygen atoms in total. The fourth-order valence-electron chi connectivity index (χ4n) is 1.10. The maximum absolute atomic E-state index is 9.08. The molecule has 0 fully saturated rings. The molecule has 4 heteroatoms. The van der Waals surface area contributed by atoms with E-state index in [2.05, 4.69) is 5.10 Å². The van der Waals surface area contributed by atoms with Gasteiger partial charge in [0.25, 0.3) is 0 Å². The highest BCUT2D eigenvalue weighted by molar-refractivity contribution is 6.29. The summed E-state index contributed by atoms with van der Waals surface area (Å²) in [6.45, 7) is 0. The third-order valence-corrected chi connectivity index (χ3v) is 1.92. The fourth-order valence-corrected chi connectivity index (χ4v) is 1.33. The highest BCUT2D eigenvalue weighted by atomic mass is 35.5. The lowest BCUT2D eigenvalue weighted by Crippen LogP contribution is -1.94. The van der Waals surface area contributed by atoms with Crippen molar-refractivity contribution >= 4 is 11.6 Å². The summed E-state index contributed by atoms with van der Waals surface area (Å²) in [6.07, 6.45) is 0. The van der Waals surface area contributed by atoms with E-state index in [4.69, 9.17) is 16.7 Å². The molecule has 0 atom stereocenters. The smallest absolute Gasteiger partial charge is 0.232 e.